The molecule has 0 aliphatic heterocycles. The number of benzene rings is 1. The van der Waals surface area contributed by atoms with Crippen LogP contribution in [0.3, 0.4) is 0 Å². The molecule has 100 valence electrons. The first-order valence-electron chi connectivity index (χ1n) is 6.28. The summed E-state index contributed by atoms with van der Waals surface area (Å²) in [6.45, 7) is 8.59. The third-order valence-corrected chi connectivity index (χ3v) is 2.85. The fourth-order valence-electron chi connectivity index (χ4n) is 2.16. The predicted octanol–water partition coefficient (Wildman–Crippen LogP) is 3.44. The fourth-order valence-corrected chi connectivity index (χ4v) is 2.16. The molecule has 0 atom stereocenters. The van der Waals surface area contributed by atoms with Crippen LogP contribution in [0.1, 0.15) is 38.3 Å². The minimum atomic E-state index is -0.748. The van der Waals surface area contributed by atoms with Crippen LogP contribution in [0, 0.1) is 12.3 Å². The SMILES string of the molecule is CCOc1ccc(CC(C)(C)CC(=O)O)cc1C. The van der Waals surface area contributed by atoms with Crippen molar-refractivity contribution >= 4 is 5.97 Å². The van der Waals surface area contributed by atoms with E-state index in [-0.39, 0.29) is 11.8 Å². The van der Waals surface area contributed by atoms with E-state index in [1.165, 1.54) is 0 Å². The highest BCUT2D eigenvalue weighted by Crippen LogP contribution is 2.28. The summed E-state index contributed by atoms with van der Waals surface area (Å²) >= 11 is 0. The molecule has 0 heterocycles. The van der Waals surface area contributed by atoms with Crippen LogP contribution in [0.25, 0.3) is 0 Å². The molecule has 0 aliphatic carbocycles. The van der Waals surface area contributed by atoms with E-state index in [0.29, 0.717) is 6.61 Å². The number of hydrogen-bond donors (Lipinski definition) is 1. The monoisotopic (exact) mass is 250 g/mol. The molecular weight excluding hydrogens is 228 g/mol. The Morgan fingerprint density at radius 1 is 1.39 bits per heavy atom. The molecule has 0 spiro atoms. The molecule has 1 aromatic carbocycles. The molecule has 0 aromatic heterocycles. The average Bonchev–Trinajstić information content (AvgIpc) is 2.19. The normalized spacial score (nSPS) is 11.3. The third-order valence-electron chi connectivity index (χ3n) is 2.85. The molecule has 0 aliphatic rings. The van der Waals surface area contributed by atoms with Gasteiger partial charge in [0.2, 0.25) is 0 Å². The summed E-state index contributed by atoms with van der Waals surface area (Å²) in [5, 5.41) is 8.88. The molecule has 3 heteroatoms. The molecular formula is C15H22O3. The number of ether oxygens (including phenoxy) is 1. The molecule has 0 radical (unpaired) electrons. The second kappa shape index (κ2) is 5.89. The quantitative estimate of drug-likeness (QED) is 0.841. The lowest BCUT2D eigenvalue weighted by Gasteiger charge is -2.22. The van der Waals surface area contributed by atoms with Gasteiger partial charge in [-0.1, -0.05) is 26.0 Å². The number of aliphatic carboxylic acids is 1. The maximum Gasteiger partial charge on any atom is 0.303 e. The van der Waals surface area contributed by atoms with E-state index in [2.05, 4.69) is 6.07 Å². The van der Waals surface area contributed by atoms with E-state index in [9.17, 15) is 4.79 Å². The molecule has 1 aromatic rings. The summed E-state index contributed by atoms with van der Waals surface area (Å²) in [6, 6.07) is 6.06. The van der Waals surface area contributed by atoms with E-state index < -0.39 is 5.97 Å². The van der Waals surface area contributed by atoms with Gasteiger partial charge in [0.15, 0.2) is 0 Å². The lowest BCUT2D eigenvalue weighted by Crippen LogP contribution is -2.19. The second-order valence-electron chi connectivity index (χ2n) is 5.44. The number of carboxylic acid groups (broad SMARTS) is 1. The van der Waals surface area contributed by atoms with E-state index >= 15 is 0 Å². The van der Waals surface area contributed by atoms with Crippen molar-refractivity contribution in [1.29, 1.82) is 0 Å². The highest BCUT2D eigenvalue weighted by atomic mass is 16.5. The van der Waals surface area contributed by atoms with Crippen LogP contribution in [-0.2, 0) is 11.2 Å². The molecule has 3 nitrogen and oxygen atoms in total. The first-order valence-corrected chi connectivity index (χ1v) is 6.28. The Kier molecular flexibility index (Phi) is 4.76. The molecule has 1 N–H and O–H groups in total. The van der Waals surface area contributed by atoms with Crippen LogP contribution < -0.4 is 4.74 Å². The lowest BCUT2D eigenvalue weighted by molar-refractivity contribution is -0.139. The van der Waals surface area contributed by atoms with Gasteiger partial charge in [0.1, 0.15) is 5.75 Å². The topological polar surface area (TPSA) is 46.5 Å². The average molecular weight is 250 g/mol. The van der Waals surface area contributed by atoms with Crippen LogP contribution >= 0.6 is 0 Å². The summed E-state index contributed by atoms with van der Waals surface area (Å²) in [7, 11) is 0. The molecule has 1 rings (SSSR count). The van der Waals surface area contributed by atoms with Gasteiger partial charge < -0.3 is 9.84 Å². The summed E-state index contributed by atoms with van der Waals surface area (Å²) in [5.41, 5.74) is 2.02. The summed E-state index contributed by atoms with van der Waals surface area (Å²) < 4.78 is 5.49. The van der Waals surface area contributed by atoms with Crippen molar-refractivity contribution in [2.75, 3.05) is 6.61 Å². The van der Waals surface area contributed by atoms with E-state index in [0.717, 1.165) is 23.3 Å². The Morgan fingerprint density at radius 3 is 2.56 bits per heavy atom. The van der Waals surface area contributed by atoms with Crippen molar-refractivity contribution in [3.63, 3.8) is 0 Å². The zero-order valence-electron chi connectivity index (χ0n) is 11.6. The van der Waals surface area contributed by atoms with Gasteiger partial charge in [0.05, 0.1) is 13.0 Å². The van der Waals surface area contributed by atoms with Crippen molar-refractivity contribution in [1.82, 2.24) is 0 Å². The fraction of sp³-hybridized carbons (Fsp3) is 0.533. The maximum atomic E-state index is 10.8. The van der Waals surface area contributed by atoms with Gasteiger partial charge in [-0.05, 0) is 42.9 Å². The zero-order valence-corrected chi connectivity index (χ0v) is 11.6. The van der Waals surface area contributed by atoms with E-state index in [1.54, 1.807) is 0 Å². The van der Waals surface area contributed by atoms with Crippen molar-refractivity contribution in [2.45, 2.75) is 40.5 Å². The van der Waals surface area contributed by atoms with Crippen LogP contribution in [0.15, 0.2) is 18.2 Å². The Labute approximate surface area is 109 Å². The number of rotatable bonds is 6. The van der Waals surface area contributed by atoms with Gasteiger partial charge in [0.25, 0.3) is 0 Å². The minimum absolute atomic E-state index is 0.180. The Balaban J connectivity index is 2.79. The van der Waals surface area contributed by atoms with Gasteiger partial charge in [-0.15, -0.1) is 0 Å². The highest BCUT2D eigenvalue weighted by Gasteiger charge is 2.22. The van der Waals surface area contributed by atoms with Crippen LogP contribution in [0.4, 0.5) is 0 Å². The predicted molar refractivity (Wildman–Crippen MR) is 72.1 cm³/mol. The van der Waals surface area contributed by atoms with Gasteiger partial charge in [-0.2, -0.15) is 0 Å². The van der Waals surface area contributed by atoms with Gasteiger partial charge in [-0.3, -0.25) is 4.79 Å². The molecule has 18 heavy (non-hydrogen) atoms. The molecule has 0 saturated heterocycles. The van der Waals surface area contributed by atoms with Crippen molar-refractivity contribution < 1.29 is 14.6 Å². The zero-order chi connectivity index (χ0) is 13.8. The molecule has 0 saturated carbocycles. The first-order chi connectivity index (χ1) is 8.34. The number of carbonyl (C=O) groups is 1. The smallest absolute Gasteiger partial charge is 0.303 e. The first kappa shape index (κ1) is 14.6. The van der Waals surface area contributed by atoms with E-state index in [1.807, 2.05) is 39.8 Å². The van der Waals surface area contributed by atoms with Crippen LogP contribution in [-0.4, -0.2) is 17.7 Å². The maximum absolute atomic E-state index is 10.8. The number of aryl methyl sites for hydroxylation is 1. The van der Waals surface area contributed by atoms with Gasteiger partial charge in [0, 0.05) is 0 Å². The number of carboxylic acids is 1. The summed E-state index contributed by atoms with van der Waals surface area (Å²) in [5.74, 6) is 0.153. The Hall–Kier alpha value is -1.51. The third kappa shape index (κ3) is 4.40. The molecule has 0 fully saturated rings. The van der Waals surface area contributed by atoms with E-state index in [4.69, 9.17) is 9.84 Å². The largest absolute Gasteiger partial charge is 0.494 e. The lowest BCUT2D eigenvalue weighted by atomic mass is 9.82. The summed E-state index contributed by atoms with van der Waals surface area (Å²) in [4.78, 5) is 10.8. The molecule has 0 unspecified atom stereocenters. The van der Waals surface area contributed by atoms with Crippen molar-refractivity contribution in [3.8, 4) is 5.75 Å². The minimum Gasteiger partial charge on any atom is -0.494 e. The highest BCUT2D eigenvalue weighted by molar-refractivity contribution is 5.67. The van der Waals surface area contributed by atoms with Gasteiger partial charge >= 0.3 is 5.97 Å². The Morgan fingerprint density at radius 2 is 2.06 bits per heavy atom. The van der Waals surface area contributed by atoms with Gasteiger partial charge in [-0.25, -0.2) is 0 Å². The van der Waals surface area contributed by atoms with Crippen molar-refractivity contribution in [3.05, 3.63) is 29.3 Å². The molecule has 0 bridgehead atoms. The Bertz CT molecular complexity index is 422. The summed E-state index contributed by atoms with van der Waals surface area (Å²) in [6.07, 6.45) is 0.936. The molecule has 0 amide bonds. The van der Waals surface area contributed by atoms with Crippen LogP contribution in [0.2, 0.25) is 0 Å². The van der Waals surface area contributed by atoms with Crippen molar-refractivity contribution in [2.24, 2.45) is 5.41 Å². The standard InChI is InChI=1S/C15H22O3/c1-5-18-13-7-6-12(8-11(13)2)9-15(3,4)10-14(16)17/h6-8H,5,9-10H2,1-4H3,(H,16,17). The number of hydrogen-bond acceptors (Lipinski definition) is 2. The van der Waals surface area contributed by atoms with Crippen LogP contribution in [0.5, 0.6) is 5.75 Å². The second-order valence-corrected chi connectivity index (χ2v) is 5.44.